The molecule has 4 nitrogen and oxygen atoms in total. The van der Waals surface area contributed by atoms with Crippen LogP contribution in [0.2, 0.25) is 16.6 Å². The SMILES string of the molecule is COC(=O)Cc1ccc(F)c(C#N)c1-c1c(F)cc2c(ccn2[Si](C(C)C)(C(C)C)C(C)C)c1Br. The molecule has 0 N–H and O–H groups in total. The van der Waals surface area contributed by atoms with Gasteiger partial charge in [0.25, 0.3) is 0 Å². The Hall–Kier alpha value is -2.50. The van der Waals surface area contributed by atoms with Gasteiger partial charge in [-0.2, -0.15) is 5.26 Å². The quantitative estimate of drug-likeness (QED) is 0.217. The van der Waals surface area contributed by atoms with E-state index in [2.05, 4.69) is 61.7 Å². The highest BCUT2D eigenvalue weighted by Gasteiger charge is 2.46. The lowest BCUT2D eigenvalue weighted by Crippen LogP contribution is -2.51. The molecule has 1 heterocycles. The number of ether oxygens (including phenoxy) is 1. The van der Waals surface area contributed by atoms with Crippen molar-refractivity contribution in [2.45, 2.75) is 64.6 Å². The average Bonchev–Trinajstić information content (AvgIpc) is 3.19. The van der Waals surface area contributed by atoms with Crippen molar-refractivity contribution >= 4 is 41.0 Å². The fraction of sp³-hybridized carbons (Fsp3) is 0.407. The van der Waals surface area contributed by atoms with Crippen molar-refractivity contribution in [1.82, 2.24) is 4.23 Å². The molecule has 0 bridgehead atoms. The number of hydrogen-bond donors (Lipinski definition) is 0. The van der Waals surface area contributed by atoms with Gasteiger partial charge in [-0.1, -0.05) is 47.6 Å². The van der Waals surface area contributed by atoms with E-state index >= 15 is 4.39 Å². The van der Waals surface area contributed by atoms with Crippen LogP contribution in [0.15, 0.2) is 34.9 Å². The summed E-state index contributed by atoms with van der Waals surface area (Å²) in [7, 11) is -0.921. The van der Waals surface area contributed by atoms with Crippen molar-refractivity contribution < 1.29 is 18.3 Å². The summed E-state index contributed by atoms with van der Waals surface area (Å²) in [5, 5.41) is 10.5. The largest absolute Gasteiger partial charge is 0.469 e. The Morgan fingerprint density at radius 3 is 2.17 bits per heavy atom. The van der Waals surface area contributed by atoms with Crippen molar-refractivity contribution in [3.8, 4) is 17.2 Å². The molecular weight excluding hydrogens is 530 g/mol. The van der Waals surface area contributed by atoms with E-state index < -0.39 is 25.8 Å². The number of esters is 1. The molecule has 0 saturated carbocycles. The first-order chi connectivity index (χ1) is 16.4. The van der Waals surface area contributed by atoms with Crippen LogP contribution in [0, 0.1) is 23.0 Å². The van der Waals surface area contributed by atoms with Crippen LogP contribution in [0.25, 0.3) is 22.0 Å². The van der Waals surface area contributed by atoms with Crippen molar-refractivity contribution in [3.63, 3.8) is 0 Å². The molecule has 0 radical (unpaired) electrons. The lowest BCUT2D eigenvalue weighted by Gasteiger charge is -2.44. The highest BCUT2D eigenvalue weighted by molar-refractivity contribution is 9.10. The standard InChI is InChI=1S/C27H31BrF2N2O2Si/c1-15(2)35(16(3)4,17(5)6)32-11-10-19-23(32)13-22(30)26(27(19)28)25-18(12-24(33)34-7)8-9-21(29)20(25)14-31/h8-11,13,15-17H,12H2,1-7H3. The molecule has 186 valence electrons. The van der Waals surface area contributed by atoms with Gasteiger partial charge in [0.1, 0.15) is 17.7 Å². The topological polar surface area (TPSA) is 55.0 Å². The normalized spacial score (nSPS) is 12.1. The molecule has 0 aliphatic heterocycles. The second-order valence-electron chi connectivity index (χ2n) is 9.84. The predicted molar refractivity (Wildman–Crippen MR) is 142 cm³/mol. The number of nitriles is 1. The molecule has 0 amide bonds. The monoisotopic (exact) mass is 560 g/mol. The maximum absolute atomic E-state index is 16.0. The van der Waals surface area contributed by atoms with E-state index in [1.807, 2.05) is 18.3 Å². The summed E-state index contributed by atoms with van der Waals surface area (Å²) >= 11 is 3.58. The molecule has 0 atom stereocenters. The summed E-state index contributed by atoms with van der Waals surface area (Å²) in [4.78, 5) is 12.0. The highest BCUT2D eigenvalue weighted by atomic mass is 79.9. The van der Waals surface area contributed by atoms with Crippen LogP contribution in [-0.2, 0) is 16.0 Å². The van der Waals surface area contributed by atoms with E-state index in [4.69, 9.17) is 4.74 Å². The zero-order chi connectivity index (χ0) is 26.2. The molecule has 0 fully saturated rings. The van der Waals surface area contributed by atoms with Gasteiger partial charge in [-0.25, -0.2) is 8.78 Å². The third-order valence-corrected chi connectivity index (χ3v) is 14.8. The second-order valence-corrected chi connectivity index (χ2v) is 16.4. The molecule has 3 rings (SSSR count). The molecule has 1 aromatic heterocycles. The molecule has 0 unspecified atom stereocenters. The zero-order valence-electron chi connectivity index (χ0n) is 21.2. The van der Waals surface area contributed by atoms with Gasteiger partial charge in [-0.3, -0.25) is 4.79 Å². The minimum atomic E-state index is -2.17. The Balaban J connectivity index is 2.41. The lowest BCUT2D eigenvalue weighted by molar-refractivity contribution is -0.139. The van der Waals surface area contributed by atoms with Crippen molar-refractivity contribution in [3.05, 3.63) is 57.7 Å². The lowest BCUT2D eigenvalue weighted by atomic mass is 9.91. The van der Waals surface area contributed by atoms with Gasteiger partial charge in [-0.05, 0) is 62.5 Å². The Morgan fingerprint density at radius 2 is 1.66 bits per heavy atom. The molecule has 0 aliphatic rings. The van der Waals surface area contributed by atoms with Crippen molar-refractivity contribution in [2.24, 2.45) is 0 Å². The molecular formula is C27H31BrF2N2O2Si. The number of aromatic nitrogens is 1. The van der Waals surface area contributed by atoms with E-state index in [1.54, 1.807) is 0 Å². The van der Waals surface area contributed by atoms with Crippen LogP contribution < -0.4 is 0 Å². The predicted octanol–water partition coefficient (Wildman–Crippen LogP) is 7.96. The Kier molecular flexibility index (Phi) is 7.92. The van der Waals surface area contributed by atoms with Gasteiger partial charge in [0.2, 0.25) is 0 Å². The van der Waals surface area contributed by atoms with E-state index in [-0.39, 0.29) is 23.1 Å². The van der Waals surface area contributed by atoms with Crippen molar-refractivity contribution in [2.75, 3.05) is 7.11 Å². The van der Waals surface area contributed by atoms with Gasteiger partial charge in [0, 0.05) is 26.5 Å². The van der Waals surface area contributed by atoms with E-state index in [1.165, 1.54) is 19.2 Å². The first-order valence-corrected chi connectivity index (χ1v) is 14.7. The number of fused-ring (bicyclic) bond motifs is 1. The number of rotatable bonds is 7. The maximum atomic E-state index is 16.0. The summed E-state index contributed by atoms with van der Waals surface area (Å²) in [6, 6.07) is 7.81. The minimum absolute atomic E-state index is 0.0658. The average molecular weight is 562 g/mol. The van der Waals surface area contributed by atoms with Crippen LogP contribution in [0.4, 0.5) is 8.78 Å². The van der Waals surface area contributed by atoms with Crippen molar-refractivity contribution in [1.29, 1.82) is 5.26 Å². The summed E-state index contributed by atoms with van der Waals surface area (Å²) in [5.41, 5.74) is 2.13. The zero-order valence-corrected chi connectivity index (χ0v) is 23.8. The minimum Gasteiger partial charge on any atom is -0.469 e. The third-order valence-electron chi connectivity index (χ3n) is 7.24. The van der Waals surface area contributed by atoms with E-state index in [0.29, 0.717) is 26.7 Å². The van der Waals surface area contributed by atoms with Gasteiger partial charge < -0.3 is 8.97 Å². The van der Waals surface area contributed by atoms with Crippen LogP contribution in [0.3, 0.4) is 0 Å². The molecule has 2 aromatic carbocycles. The number of methoxy groups -OCH3 is 1. The smallest absolute Gasteiger partial charge is 0.310 e. The highest BCUT2D eigenvalue weighted by Crippen LogP contribution is 2.47. The summed E-state index contributed by atoms with van der Waals surface area (Å²) in [6.45, 7) is 13.4. The van der Waals surface area contributed by atoms with Crippen LogP contribution >= 0.6 is 15.9 Å². The second kappa shape index (κ2) is 10.2. The summed E-state index contributed by atoms with van der Waals surface area (Å²) in [6.07, 6.45) is 1.83. The molecule has 3 aromatic rings. The summed E-state index contributed by atoms with van der Waals surface area (Å²) in [5.74, 6) is -1.92. The maximum Gasteiger partial charge on any atom is 0.310 e. The number of halogens is 3. The fourth-order valence-corrected chi connectivity index (χ4v) is 13.3. The number of nitrogens with zero attached hydrogens (tertiary/aromatic N) is 2. The number of benzene rings is 2. The number of hydrogen-bond acceptors (Lipinski definition) is 3. The van der Waals surface area contributed by atoms with Crippen LogP contribution in [0.1, 0.15) is 52.7 Å². The Bertz CT molecular complexity index is 1300. The van der Waals surface area contributed by atoms with E-state index in [9.17, 15) is 14.4 Å². The number of carbonyl (C=O) groups is 1. The Labute approximate surface area is 215 Å². The molecule has 8 heteroatoms. The van der Waals surface area contributed by atoms with Gasteiger partial charge in [0.05, 0.1) is 19.1 Å². The molecule has 35 heavy (non-hydrogen) atoms. The molecule has 0 saturated heterocycles. The fourth-order valence-electron chi connectivity index (χ4n) is 6.00. The first kappa shape index (κ1) is 27.1. The van der Waals surface area contributed by atoms with Crippen LogP contribution in [0.5, 0.6) is 0 Å². The Morgan fingerprint density at radius 1 is 1.06 bits per heavy atom. The van der Waals surface area contributed by atoms with Crippen LogP contribution in [-0.4, -0.2) is 25.5 Å². The molecule has 0 aliphatic carbocycles. The number of carbonyl (C=O) groups excluding carboxylic acids is 1. The van der Waals surface area contributed by atoms with E-state index in [0.717, 1.165) is 17.0 Å². The first-order valence-electron chi connectivity index (χ1n) is 11.7. The third kappa shape index (κ3) is 4.34. The molecule has 0 spiro atoms. The van der Waals surface area contributed by atoms with Gasteiger partial charge in [-0.15, -0.1) is 0 Å². The van der Waals surface area contributed by atoms with Gasteiger partial charge in [0.15, 0.2) is 8.24 Å². The van der Waals surface area contributed by atoms with Gasteiger partial charge >= 0.3 is 5.97 Å². The summed E-state index contributed by atoms with van der Waals surface area (Å²) < 4.78 is 38.1.